The van der Waals surface area contributed by atoms with Crippen LogP contribution in [0, 0.1) is 0 Å². The maximum atomic E-state index is 11.4. The van der Waals surface area contributed by atoms with E-state index in [1.165, 1.54) is 0 Å². The number of halogens is 2. The SMILES string of the molecule is FC(F)=CCCCCCS. The van der Waals surface area contributed by atoms with E-state index in [-0.39, 0.29) is 0 Å². The topological polar surface area (TPSA) is 0 Å². The van der Waals surface area contributed by atoms with Crippen LogP contribution in [0.15, 0.2) is 12.2 Å². The van der Waals surface area contributed by atoms with Crippen LogP contribution in [0.5, 0.6) is 0 Å². The van der Waals surface area contributed by atoms with Crippen molar-refractivity contribution in [2.24, 2.45) is 0 Å². The summed E-state index contributed by atoms with van der Waals surface area (Å²) < 4.78 is 22.8. The van der Waals surface area contributed by atoms with Gasteiger partial charge >= 0.3 is 0 Å². The van der Waals surface area contributed by atoms with E-state index >= 15 is 0 Å². The third kappa shape index (κ3) is 7.95. The van der Waals surface area contributed by atoms with Gasteiger partial charge in [-0.15, -0.1) is 0 Å². The molecule has 0 amide bonds. The van der Waals surface area contributed by atoms with Crippen molar-refractivity contribution in [3.63, 3.8) is 0 Å². The summed E-state index contributed by atoms with van der Waals surface area (Å²) in [5.74, 6) is 0.849. The van der Waals surface area contributed by atoms with Crippen LogP contribution in [0.1, 0.15) is 25.7 Å². The van der Waals surface area contributed by atoms with E-state index in [1.54, 1.807) is 0 Å². The molecule has 0 N–H and O–H groups in total. The highest BCUT2D eigenvalue weighted by Crippen LogP contribution is 2.05. The molecule has 10 heavy (non-hydrogen) atoms. The van der Waals surface area contributed by atoms with Crippen molar-refractivity contribution in [3.8, 4) is 0 Å². The molecule has 0 unspecified atom stereocenters. The molecule has 0 saturated heterocycles. The normalized spacial score (nSPS) is 9.50. The molecule has 0 aliphatic rings. The Labute approximate surface area is 65.7 Å². The highest BCUT2D eigenvalue weighted by Gasteiger charge is 1.88. The molecule has 0 heterocycles. The van der Waals surface area contributed by atoms with Crippen molar-refractivity contribution >= 4 is 12.6 Å². The Kier molecular flexibility index (Phi) is 7.03. The van der Waals surface area contributed by atoms with E-state index in [2.05, 4.69) is 12.6 Å². The number of thiol groups is 1. The Morgan fingerprint density at radius 2 is 1.90 bits per heavy atom. The van der Waals surface area contributed by atoms with Crippen LogP contribution in [0.2, 0.25) is 0 Å². The molecular formula is C7H12F2S. The fourth-order valence-electron chi connectivity index (χ4n) is 0.644. The van der Waals surface area contributed by atoms with Gasteiger partial charge in [-0.3, -0.25) is 0 Å². The van der Waals surface area contributed by atoms with Gasteiger partial charge in [-0.2, -0.15) is 21.4 Å². The molecule has 0 aromatic heterocycles. The smallest absolute Gasteiger partial charge is 0.179 e. The summed E-state index contributed by atoms with van der Waals surface area (Å²) in [4.78, 5) is 0. The molecule has 0 spiro atoms. The van der Waals surface area contributed by atoms with Crippen molar-refractivity contribution in [2.75, 3.05) is 5.75 Å². The van der Waals surface area contributed by atoms with Crippen molar-refractivity contribution in [2.45, 2.75) is 25.7 Å². The lowest BCUT2D eigenvalue weighted by molar-refractivity contribution is 0.416. The van der Waals surface area contributed by atoms with Gasteiger partial charge in [-0.05, 0) is 31.1 Å². The number of hydrogen-bond donors (Lipinski definition) is 1. The van der Waals surface area contributed by atoms with E-state index in [0.29, 0.717) is 6.42 Å². The second-order valence-electron chi connectivity index (χ2n) is 2.07. The van der Waals surface area contributed by atoms with Crippen LogP contribution in [0.25, 0.3) is 0 Å². The van der Waals surface area contributed by atoms with Gasteiger partial charge < -0.3 is 0 Å². The molecule has 0 nitrogen and oxygen atoms in total. The third-order valence-electron chi connectivity index (χ3n) is 1.16. The Morgan fingerprint density at radius 3 is 2.40 bits per heavy atom. The van der Waals surface area contributed by atoms with Gasteiger partial charge in [0, 0.05) is 0 Å². The highest BCUT2D eigenvalue weighted by atomic mass is 32.1. The van der Waals surface area contributed by atoms with Crippen molar-refractivity contribution < 1.29 is 8.78 Å². The van der Waals surface area contributed by atoms with E-state index in [0.717, 1.165) is 31.1 Å². The van der Waals surface area contributed by atoms with Gasteiger partial charge in [-0.1, -0.05) is 6.42 Å². The zero-order valence-corrected chi connectivity index (χ0v) is 6.71. The van der Waals surface area contributed by atoms with Gasteiger partial charge in [0.25, 0.3) is 6.08 Å². The van der Waals surface area contributed by atoms with Crippen LogP contribution < -0.4 is 0 Å². The average Bonchev–Trinajstić information content (AvgIpc) is 1.87. The lowest BCUT2D eigenvalue weighted by Gasteiger charge is -1.92. The number of rotatable bonds is 5. The summed E-state index contributed by atoms with van der Waals surface area (Å²) in [5.41, 5.74) is 0. The summed E-state index contributed by atoms with van der Waals surface area (Å²) in [5, 5.41) is 0. The molecule has 0 saturated carbocycles. The minimum absolute atomic E-state index is 0.496. The minimum atomic E-state index is -1.56. The number of unbranched alkanes of at least 4 members (excludes halogenated alkanes) is 3. The van der Waals surface area contributed by atoms with Crippen LogP contribution >= 0.6 is 12.6 Å². The molecule has 0 fully saturated rings. The average molecular weight is 166 g/mol. The summed E-state index contributed by atoms with van der Waals surface area (Å²) in [6, 6.07) is 0. The second-order valence-corrected chi connectivity index (χ2v) is 2.51. The van der Waals surface area contributed by atoms with E-state index in [1.807, 2.05) is 0 Å². The van der Waals surface area contributed by atoms with Crippen molar-refractivity contribution in [1.82, 2.24) is 0 Å². The first-order valence-electron chi connectivity index (χ1n) is 3.39. The third-order valence-corrected chi connectivity index (χ3v) is 1.48. The van der Waals surface area contributed by atoms with Gasteiger partial charge in [0.2, 0.25) is 0 Å². The van der Waals surface area contributed by atoms with Gasteiger partial charge in [0.15, 0.2) is 0 Å². The predicted octanol–water partition coefficient (Wildman–Crippen LogP) is 3.26. The molecular weight excluding hydrogens is 154 g/mol. The quantitative estimate of drug-likeness (QED) is 0.470. The summed E-state index contributed by atoms with van der Waals surface area (Å²) >= 11 is 4.00. The van der Waals surface area contributed by atoms with Crippen LogP contribution in [0.3, 0.4) is 0 Å². The largest absolute Gasteiger partial charge is 0.266 e. The first-order valence-corrected chi connectivity index (χ1v) is 4.02. The lowest BCUT2D eigenvalue weighted by atomic mass is 10.2. The van der Waals surface area contributed by atoms with Crippen molar-refractivity contribution in [1.29, 1.82) is 0 Å². The van der Waals surface area contributed by atoms with E-state index < -0.39 is 6.08 Å². The molecule has 0 atom stereocenters. The maximum absolute atomic E-state index is 11.4. The molecule has 0 aromatic carbocycles. The van der Waals surface area contributed by atoms with Gasteiger partial charge in [0.05, 0.1) is 0 Å². The molecule has 0 aromatic rings. The van der Waals surface area contributed by atoms with Crippen LogP contribution in [0.4, 0.5) is 8.78 Å². The fourth-order valence-corrected chi connectivity index (χ4v) is 0.868. The van der Waals surface area contributed by atoms with E-state index in [4.69, 9.17) is 0 Å². The zero-order valence-electron chi connectivity index (χ0n) is 5.82. The van der Waals surface area contributed by atoms with Gasteiger partial charge in [0.1, 0.15) is 0 Å². The van der Waals surface area contributed by atoms with E-state index in [9.17, 15) is 8.78 Å². The second kappa shape index (κ2) is 7.06. The number of allylic oxidation sites excluding steroid dienone is 1. The zero-order chi connectivity index (χ0) is 7.82. The fraction of sp³-hybridized carbons (Fsp3) is 0.714. The minimum Gasteiger partial charge on any atom is -0.179 e. The molecule has 0 aliphatic carbocycles. The first kappa shape index (κ1) is 9.95. The molecule has 0 rings (SSSR count). The molecule has 0 aliphatic heterocycles. The van der Waals surface area contributed by atoms with Gasteiger partial charge in [-0.25, -0.2) is 0 Å². The Balaban J connectivity index is 2.98. The van der Waals surface area contributed by atoms with Crippen LogP contribution in [-0.2, 0) is 0 Å². The predicted molar refractivity (Wildman–Crippen MR) is 42.6 cm³/mol. The summed E-state index contributed by atoms with van der Waals surface area (Å²) in [6.07, 6.45) is 2.76. The van der Waals surface area contributed by atoms with Crippen LogP contribution in [-0.4, -0.2) is 5.75 Å². The molecule has 60 valence electrons. The summed E-state index contributed by atoms with van der Waals surface area (Å²) in [7, 11) is 0. The molecule has 0 bridgehead atoms. The highest BCUT2D eigenvalue weighted by molar-refractivity contribution is 7.80. The molecule has 0 radical (unpaired) electrons. The monoisotopic (exact) mass is 166 g/mol. The summed E-state index contributed by atoms with van der Waals surface area (Å²) in [6.45, 7) is 0. The maximum Gasteiger partial charge on any atom is 0.266 e. The Hall–Kier alpha value is -0.0500. The van der Waals surface area contributed by atoms with Crippen molar-refractivity contribution in [3.05, 3.63) is 12.2 Å². The Bertz CT molecular complexity index is 97.8. The lowest BCUT2D eigenvalue weighted by Crippen LogP contribution is -1.76. The first-order chi connectivity index (χ1) is 4.77. The standard InChI is InChI=1S/C7H12F2S/c8-7(9)5-3-1-2-4-6-10/h5,10H,1-4,6H2. The Morgan fingerprint density at radius 1 is 1.20 bits per heavy atom. The number of hydrogen-bond acceptors (Lipinski definition) is 1. The molecule has 3 heteroatoms.